The van der Waals surface area contributed by atoms with Crippen molar-refractivity contribution in [2.75, 3.05) is 12.3 Å². The number of H-pyrrole nitrogens is 2. The van der Waals surface area contributed by atoms with Crippen molar-refractivity contribution in [3.8, 4) is 17.0 Å². The molecule has 0 bridgehead atoms. The molecule has 10 heteroatoms. The smallest absolute Gasteiger partial charge is 0.258 e. The van der Waals surface area contributed by atoms with E-state index in [1.165, 1.54) is 0 Å². The fourth-order valence-corrected chi connectivity index (χ4v) is 4.35. The van der Waals surface area contributed by atoms with Crippen molar-refractivity contribution in [2.45, 2.75) is 12.5 Å². The van der Waals surface area contributed by atoms with Crippen LogP contribution in [0.5, 0.6) is 5.75 Å². The number of nitrogens with two attached hydrogens (primary N) is 1. The van der Waals surface area contributed by atoms with Crippen LogP contribution in [0.4, 0.5) is 5.82 Å². The van der Waals surface area contributed by atoms with E-state index in [-0.39, 0.29) is 12.5 Å². The Morgan fingerprint density at radius 3 is 2.69 bits per heavy atom. The Labute approximate surface area is 216 Å². The monoisotopic (exact) mass is 520 g/mol. The van der Waals surface area contributed by atoms with Crippen LogP contribution in [-0.2, 0) is 11.2 Å². The van der Waals surface area contributed by atoms with Gasteiger partial charge in [0.05, 0.1) is 11.6 Å². The molecule has 0 spiro atoms. The number of fused-ring (bicyclic) bond motifs is 1. The van der Waals surface area contributed by atoms with Crippen molar-refractivity contribution in [2.24, 2.45) is 0 Å². The summed E-state index contributed by atoms with van der Waals surface area (Å²) in [6.07, 6.45) is 0.503. The third-order valence-electron chi connectivity index (χ3n) is 5.66. The Hall–Kier alpha value is -4.01. The lowest BCUT2D eigenvalue weighted by Crippen LogP contribution is -2.34. The van der Waals surface area contributed by atoms with Gasteiger partial charge in [0, 0.05) is 16.0 Å². The third kappa shape index (κ3) is 5.30. The van der Waals surface area contributed by atoms with Crippen LogP contribution in [0.25, 0.3) is 22.2 Å². The first-order chi connectivity index (χ1) is 17.5. The predicted octanol–water partition coefficient (Wildman–Crippen LogP) is 5.32. The molecule has 8 nitrogen and oxygen atoms in total. The number of hydrogen-bond donors (Lipinski definition) is 4. The van der Waals surface area contributed by atoms with Gasteiger partial charge in [-0.1, -0.05) is 65.7 Å². The highest BCUT2D eigenvalue weighted by atomic mass is 35.5. The number of rotatable bonds is 8. The van der Waals surface area contributed by atoms with E-state index in [1.807, 2.05) is 48.5 Å². The van der Waals surface area contributed by atoms with Crippen LogP contribution in [0, 0.1) is 0 Å². The average Bonchev–Trinajstić information content (AvgIpc) is 3.45. The Morgan fingerprint density at radius 1 is 1.06 bits per heavy atom. The normalized spacial score (nSPS) is 11.9. The minimum Gasteiger partial charge on any atom is -0.484 e. The maximum absolute atomic E-state index is 12.8. The van der Waals surface area contributed by atoms with E-state index in [9.17, 15) is 4.79 Å². The summed E-state index contributed by atoms with van der Waals surface area (Å²) in [5, 5.41) is 11.7. The van der Waals surface area contributed by atoms with Gasteiger partial charge in [0.2, 0.25) is 0 Å². The Bertz CT molecular complexity index is 1520. The number of amides is 1. The standard InChI is InChI=1S/C26H22Cl2N6O2/c27-17-7-4-8-18(13-17)36-14-22(35)30-21(11-15-5-2-1-3-6-15)26-31-23(24(28)32-26)16-9-10-19-20(12-16)33-34-25(19)29/h1-10,12-13,21H,11,14H2,(H,30,35)(H,31,32)(H3,29,33,34)/t21-/m0/s1. The van der Waals surface area contributed by atoms with Crippen molar-refractivity contribution >= 4 is 45.8 Å². The van der Waals surface area contributed by atoms with E-state index >= 15 is 0 Å². The summed E-state index contributed by atoms with van der Waals surface area (Å²) < 4.78 is 5.60. The molecule has 5 N–H and O–H groups in total. The van der Waals surface area contributed by atoms with Gasteiger partial charge >= 0.3 is 0 Å². The highest BCUT2D eigenvalue weighted by Crippen LogP contribution is 2.31. The summed E-state index contributed by atoms with van der Waals surface area (Å²) in [7, 11) is 0. The highest BCUT2D eigenvalue weighted by molar-refractivity contribution is 6.32. The van der Waals surface area contributed by atoms with Gasteiger partial charge in [0.1, 0.15) is 22.4 Å². The molecule has 0 aliphatic heterocycles. The number of carbonyl (C=O) groups excluding carboxylic acids is 1. The predicted molar refractivity (Wildman–Crippen MR) is 141 cm³/mol. The Balaban J connectivity index is 1.39. The van der Waals surface area contributed by atoms with Crippen molar-refractivity contribution in [3.63, 3.8) is 0 Å². The van der Waals surface area contributed by atoms with E-state index in [1.54, 1.807) is 24.3 Å². The van der Waals surface area contributed by atoms with E-state index in [0.29, 0.717) is 39.7 Å². The van der Waals surface area contributed by atoms with Gasteiger partial charge in [-0.3, -0.25) is 9.89 Å². The lowest BCUT2D eigenvalue weighted by Gasteiger charge is -2.17. The number of benzene rings is 3. The van der Waals surface area contributed by atoms with E-state index in [0.717, 1.165) is 22.0 Å². The molecule has 5 rings (SSSR count). The van der Waals surface area contributed by atoms with Gasteiger partial charge in [0.15, 0.2) is 12.4 Å². The first-order valence-electron chi connectivity index (χ1n) is 11.2. The fourth-order valence-electron chi connectivity index (χ4n) is 3.92. The van der Waals surface area contributed by atoms with Crippen LogP contribution in [-0.4, -0.2) is 32.7 Å². The SMILES string of the molecule is Nc1n[nH]c2cc(-c3nc([C@H](Cc4ccccc4)NC(=O)COc4cccc(Cl)c4)[nH]c3Cl)ccc12. The lowest BCUT2D eigenvalue weighted by atomic mass is 10.1. The molecule has 1 atom stereocenters. The molecule has 0 saturated carbocycles. The minimum atomic E-state index is -0.472. The first-order valence-corrected chi connectivity index (χ1v) is 11.9. The van der Waals surface area contributed by atoms with Gasteiger partial charge in [-0.05, 0) is 42.3 Å². The zero-order valence-electron chi connectivity index (χ0n) is 19.0. The molecule has 3 aromatic carbocycles. The number of hydrogen-bond acceptors (Lipinski definition) is 5. The van der Waals surface area contributed by atoms with E-state index in [4.69, 9.17) is 38.7 Å². The maximum Gasteiger partial charge on any atom is 0.258 e. The summed E-state index contributed by atoms with van der Waals surface area (Å²) in [6, 6.07) is 21.9. The molecule has 182 valence electrons. The van der Waals surface area contributed by atoms with Crippen molar-refractivity contribution in [1.29, 1.82) is 0 Å². The molecule has 2 aromatic heterocycles. The maximum atomic E-state index is 12.8. The van der Waals surface area contributed by atoms with Crippen LogP contribution >= 0.6 is 23.2 Å². The lowest BCUT2D eigenvalue weighted by molar-refractivity contribution is -0.123. The van der Waals surface area contributed by atoms with Crippen LogP contribution in [0.3, 0.4) is 0 Å². The van der Waals surface area contributed by atoms with Crippen molar-refractivity contribution in [1.82, 2.24) is 25.5 Å². The summed E-state index contributed by atoms with van der Waals surface area (Å²) in [5.41, 5.74) is 9.03. The molecular formula is C26H22Cl2N6O2. The van der Waals surface area contributed by atoms with E-state index in [2.05, 4.69) is 20.5 Å². The molecule has 5 aromatic rings. The van der Waals surface area contributed by atoms with Crippen LogP contribution in [0.2, 0.25) is 10.2 Å². The van der Waals surface area contributed by atoms with Gasteiger partial charge < -0.3 is 20.8 Å². The summed E-state index contributed by atoms with van der Waals surface area (Å²) >= 11 is 12.6. The Kier molecular flexibility index (Phi) is 6.79. The molecule has 0 fully saturated rings. The molecule has 0 aliphatic rings. The summed E-state index contributed by atoms with van der Waals surface area (Å²) in [4.78, 5) is 20.7. The average molecular weight is 521 g/mol. The summed E-state index contributed by atoms with van der Waals surface area (Å²) in [5.74, 6) is 1.16. The molecule has 0 radical (unpaired) electrons. The van der Waals surface area contributed by atoms with Crippen LogP contribution < -0.4 is 15.8 Å². The Morgan fingerprint density at radius 2 is 1.89 bits per heavy atom. The second kappa shape index (κ2) is 10.3. The van der Waals surface area contributed by atoms with Crippen LogP contribution in [0.1, 0.15) is 17.4 Å². The number of aromatic amines is 2. The van der Waals surface area contributed by atoms with Gasteiger partial charge in [0.25, 0.3) is 5.91 Å². The number of carbonyl (C=O) groups is 1. The van der Waals surface area contributed by atoms with Crippen molar-refractivity contribution < 1.29 is 9.53 Å². The number of aromatic nitrogens is 4. The van der Waals surface area contributed by atoms with Crippen LogP contribution in [0.15, 0.2) is 72.8 Å². The molecule has 36 heavy (non-hydrogen) atoms. The number of nitrogens with one attached hydrogen (secondary N) is 3. The van der Waals surface area contributed by atoms with E-state index < -0.39 is 6.04 Å². The largest absolute Gasteiger partial charge is 0.484 e. The minimum absolute atomic E-state index is 0.176. The quantitative estimate of drug-likeness (QED) is 0.220. The molecular weight excluding hydrogens is 499 g/mol. The van der Waals surface area contributed by atoms with Gasteiger partial charge in [-0.2, -0.15) is 5.10 Å². The number of nitrogens with zero attached hydrogens (tertiary/aromatic N) is 2. The second-order valence-electron chi connectivity index (χ2n) is 8.21. The zero-order valence-corrected chi connectivity index (χ0v) is 20.5. The highest BCUT2D eigenvalue weighted by Gasteiger charge is 2.22. The topological polar surface area (TPSA) is 122 Å². The van der Waals surface area contributed by atoms with Gasteiger partial charge in [-0.25, -0.2) is 4.98 Å². The molecule has 0 aliphatic carbocycles. The van der Waals surface area contributed by atoms with Crippen molar-refractivity contribution in [3.05, 3.63) is 94.4 Å². The number of halogens is 2. The summed E-state index contributed by atoms with van der Waals surface area (Å²) in [6.45, 7) is -0.176. The zero-order chi connectivity index (χ0) is 25.1. The first kappa shape index (κ1) is 23.7. The molecule has 2 heterocycles. The second-order valence-corrected chi connectivity index (χ2v) is 9.02. The fraction of sp³-hybridized carbons (Fsp3) is 0.115. The van der Waals surface area contributed by atoms with Gasteiger partial charge in [-0.15, -0.1) is 0 Å². The molecule has 1 amide bonds. The number of anilines is 1. The number of ether oxygens (including phenoxy) is 1. The number of imidazole rings is 1. The molecule has 0 saturated heterocycles. The third-order valence-corrected chi connectivity index (χ3v) is 6.17. The molecule has 0 unspecified atom stereocenters. The number of nitrogen functional groups attached to an aromatic ring is 1.